The normalized spacial score (nSPS) is 11.3. The fourth-order valence-corrected chi connectivity index (χ4v) is 7.70. The van der Waals surface area contributed by atoms with Gasteiger partial charge in [0.15, 0.2) is 5.82 Å². The van der Waals surface area contributed by atoms with Crippen molar-refractivity contribution in [2.24, 2.45) is 0 Å². The van der Waals surface area contributed by atoms with E-state index in [0.29, 0.717) is 5.82 Å². The summed E-state index contributed by atoms with van der Waals surface area (Å²) in [6.45, 7) is 0. The molecule has 0 spiro atoms. The van der Waals surface area contributed by atoms with Crippen LogP contribution in [0.4, 0.5) is 0 Å². The molecule has 0 unspecified atom stereocenters. The van der Waals surface area contributed by atoms with Crippen molar-refractivity contribution in [3.63, 3.8) is 0 Å². The monoisotopic (exact) mass is 701 g/mol. The van der Waals surface area contributed by atoms with E-state index < -0.39 is 0 Å². The minimum absolute atomic E-state index is 0.700. The minimum atomic E-state index is 0.700. The predicted octanol–water partition coefficient (Wildman–Crippen LogP) is 13.6. The van der Waals surface area contributed by atoms with E-state index >= 15 is 0 Å². The highest BCUT2D eigenvalue weighted by atomic mass is 15.0. The summed E-state index contributed by atoms with van der Waals surface area (Å²) < 4.78 is 2.30. The summed E-state index contributed by atoms with van der Waals surface area (Å²) in [4.78, 5) is 10.7. The standard InChI is InChI=1S/C52H35N3/c1-4-15-36(16-5-1)37-29-31-38(32-30-37)40-19-12-20-41(33-40)42-21-13-22-43(34-42)44-23-14-24-45(35-44)52-53-49(39-17-6-2-7-18-39)51-50(54-52)47-27-10-11-28-48(47)55(51)46-25-8-3-9-26-46/h1-35H. The lowest BCUT2D eigenvalue weighted by Crippen LogP contribution is -1.99. The van der Waals surface area contributed by atoms with Crippen LogP contribution < -0.4 is 0 Å². The largest absolute Gasteiger partial charge is 0.306 e. The molecule has 10 rings (SSSR count). The van der Waals surface area contributed by atoms with E-state index in [2.05, 4.69) is 211 Å². The third kappa shape index (κ3) is 6.08. The van der Waals surface area contributed by atoms with Crippen LogP contribution in [0.25, 0.3) is 94.8 Å². The molecule has 2 heterocycles. The van der Waals surface area contributed by atoms with E-state index in [1.165, 1.54) is 33.4 Å². The Morgan fingerprint density at radius 2 is 0.727 bits per heavy atom. The molecule has 55 heavy (non-hydrogen) atoms. The third-order valence-electron chi connectivity index (χ3n) is 10.4. The van der Waals surface area contributed by atoms with Crippen LogP contribution in [-0.4, -0.2) is 14.5 Å². The van der Waals surface area contributed by atoms with Crippen LogP contribution in [0.3, 0.4) is 0 Å². The first kappa shape index (κ1) is 32.3. The SMILES string of the molecule is c1ccc(-c2ccc(-c3cccc(-c4cccc(-c5cccc(-c6nc(-c7ccccc7)c7c(n6)c6ccccc6n7-c6ccccc6)c5)c4)c3)cc2)cc1. The molecule has 0 aliphatic carbocycles. The van der Waals surface area contributed by atoms with Crippen LogP contribution in [0.5, 0.6) is 0 Å². The summed E-state index contributed by atoms with van der Waals surface area (Å²) in [7, 11) is 0. The van der Waals surface area contributed by atoms with Gasteiger partial charge in [-0.1, -0.05) is 176 Å². The summed E-state index contributed by atoms with van der Waals surface area (Å²) in [5.41, 5.74) is 16.5. The first-order valence-corrected chi connectivity index (χ1v) is 18.7. The van der Waals surface area contributed by atoms with Crippen molar-refractivity contribution in [1.82, 2.24) is 14.5 Å². The molecule has 10 aromatic rings. The molecule has 8 aromatic carbocycles. The number of rotatable bonds is 7. The Morgan fingerprint density at radius 1 is 0.309 bits per heavy atom. The maximum atomic E-state index is 5.35. The zero-order valence-corrected chi connectivity index (χ0v) is 30.0. The van der Waals surface area contributed by atoms with Crippen molar-refractivity contribution in [3.8, 4) is 72.8 Å². The van der Waals surface area contributed by atoms with Crippen molar-refractivity contribution in [1.29, 1.82) is 0 Å². The Hall–Kier alpha value is -7.36. The summed E-state index contributed by atoms with van der Waals surface area (Å²) in [5.74, 6) is 0.700. The van der Waals surface area contributed by atoms with Gasteiger partial charge in [0.25, 0.3) is 0 Å². The number of hydrogen-bond donors (Lipinski definition) is 0. The molecule has 0 fully saturated rings. The molecule has 3 heteroatoms. The van der Waals surface area contributed by atoms with Gasteiger partial charge in [-0.3, -0.25) is 0 Å². The highest BCUT2D eigenvalue weighted by molar-refractivity contribution is 6.11. The van der Waals surface area contributed by atoms with Crippen LogP contribution in [0.15, 0.2) is 212 Å². The van der Waals surface area contributed by atoms with E-state index in [1.54, 1.807) is 0 Å². The van der Waals surface area contributed by atoms with Crippen molar-refractivity contribution in [3.05, 3.63) is 212 Å². The van der Waals surface area contributed by atoms with E-state index in [9.17, 15) is 0 Å². The zero-order chi connectivity index (χ0) is 36.6. The third-order valence-corrected chi connectivity index (χ3v) is 10.4. The predicted molar refractivity (Wildman–Crippen MR) is 229 cm³/mol. The Kier molecular flexibility index (Phi) is 8.16. The number of nitrogens with zero attached hydrogens (tertiary/aromatic N) is 3. The molecule has 0 atom stereocenters. The quantitative estimate of drug-likeness (QED) is 0.166. The molecular formula is C52H35N3. The second-order valence-electron chi connectivity index (χ2n) is 13.8. The van der Waals surface area contributed by atoms with Gasteiger partial charge in [0, 0.05) is 22.2 Å². The minimum Gasteiger partial charge on any atom is -0.306 e. The average molecular weight is 702 g/mol. The molecular weight excluding hydrogens is 667 g/mol. The highest BCUT2D eigenvalue weighted by Gasteiger charge is 2.21. The van der Waals surface area contributed by atoms with Crippen LogP contribution in [0, 0.1) is 0 Å². The Labute approximate surface area is 320 Å². The summed E-state index contributed by atoms with van der Waals surface area (Å²) in [6, 6.07) is 75.1. The maximum Gasteiger partial charge on any atom is 0.160 e. The lowest BCUT2D eigenvalue weighted by molar-refractivity contribution is 1.15. The van der Waals surface area contributed by atoms with Gasteiger partial charge in [-0.25, -0.2) is 9.97 Å². The molecule has 0 aliphatic rings. The molecule has 0 saturated carbocycles. The Morgan fingerprint density at radius 3 is 1.33 bits per heavy atom. The van der Waals surface area contributed by atoms with Gasteiger partial charge >= 0.3 is 0 Å². The molecule has 0 N–H and O–H groups in total. The van der Waals surface area contributed by atoms with Crippen molar-refractivity contribution in [2.45, 2.75) is 0 Å². The highest BCUT2D eigenvalue weighted by Crippen LogP contribution is 2.38. The number of benzene rings is 8. The lowest BCUT2D eigenvalue weighted by atomic mass is 9.95. The van der Waals surface area contributed by atoms with Crippen LogP contribution in [-0.2, 0) is 0 Å². The first-order valence-electron chi connectivity index (χ1n) is 18.7. The molecule has 0 radical (unpaired) electrons. The number of aromatic nitrogens is 3. The smallest absolute Gasteiger partial charge is 0.160 e. The molecule has 0 aliphatic heterocycles. The fourth-order valence-electron chi connectivity index (χ4n) is 7.70. The van der Waals surface area contributed by atoms with Crippen molar-refractivity contribution >= 4 is 21.9 Å². The van der Waals surface area contributed by atoms with Gasteiger partial charge < -0.3 is 4.57 Å². The number of para-hydroxylation sites is 2. The van der Waals surface area contributed by atoms with Gasteiger partial charge in [-0.2, -0.15) is 0 Å². The van der Waals surface area contributed by atoms with E-state index in [1.807, 2.05) is 6.07 Å². The molecule has 0 amide bonds. The van der Waals surface area contributed by atoms with Crippen molar-refractivity contribution in [2.75, 3.05) is 0 Å². The van der Waals surface area contributed by atoms with E-state index in [4.69, 9.17) is 9.97 Å². The first-order chi connectivity index (χ1) is 27.3. The van der Waals surface area contributed by atoms with Gasteiger partial charge in [0.1, 0.15) is 5.52 Å². The van der Waals surface area contributed by atoms with E-state index in [-0.39, 0.29) is 0 Å². The number of fused-ring (bicyclic) bond motifs is 3. The fraction of sp³-hybridized carbons (Fsp3) is 0. The van der Waals surface area contributed by atoms with Gasteiger partial charge in [0.05, 0.1) is 16.7 Å². The van der Waals surface area contributed by atoms with E-state index in [0.717, 1.165) is 55.6 Å². The zero-order valence-electron chi connectivity index (χ0n) is 30.0. The second kappa shape index (κ2) is 13.9. The second-order valence-corrected chi connectivity index (χ2v) is 13.8. The summed E-state index contributed by atoms with van der Waals surface area (Å²) >= 11 is 0. The molecule has 0 saturated heterocycles. The Bertz CT molecular complexity index is 2950. The molecule has 3 nitrogen and oxygen atoms in total. The van der Waals surface area contributed by atoms with Crippen LogP contribution in [0.1, 0.15) is 0 Å². The number of hydrogen-bond acceptors (Lipinski definition) is 2. The molecule has 258 valence electrons. The van der Waals surface area contributed by atoms with Crippen molar-refractivity contribution < 1.29 is 0 Å². The van der Waals surface area contributed by atoms with Gasteiger partial charge in [0.2, 0.25) is 0 Å². The van der Waals surface area contributed by atoms with Crippen LogP contribution in [0.2, 0.25) is 0 Å². The maximum absolute atomic E-state index is 5.35. The lowest BCUT2D eigenvalue weighted by Gasteiger charge is -2.13. The van der Waals surface area contributed by atoms with Gasteiger partial charge in [-0.15, -0.1) is 0 Å². The topological polar surface area (TPSA) is 30.7 Å². The molecule has 2 aromatic heterocycles. The van der Waals surface area contributed by atoms with Gasteiger partial charge in [-0.05, 0) is 80.9 Å². The summed E-state index contributed by atoms with van der Waals surface area (Å²) in [6.07, 6.45) is 0. The van der Waals surface area contributed by atoms with Crippen LogP contribution >= 0.6 is 0 Å². The molecule has 0 bridgehead atoms. The summed E-state index contributed by atoms with van der Waals surface area (Å²) in [5, 5.41) is 1.10. The average Bonchev–Trinajstić information content (AvgIpc) is 3.61. The Balaban J connectivity index is 1.04.